The first-order valence-electron chi connectivity index (χ1n) is 5.20. The lowest BCUT2D eigenvalue weighted by molar-refractivity contribution is 0.427. The quantitative estimate of drug-likeness (QED) is 0.796. The second kappa shape index (κ2) is 5.17. The number of thiazole rings is 1. The minimum atomic E-state index is -3.26. The molecule has 0 saturated carbocycles. The van der Waals surface area contributed by atoms with Gasteiger partial charge in [0, 0.05) is 13.1 Å². The fraction of sp³-hybridized carbons (Fsp3) is 0.500. The van der Waals surface area contributed by atoms with E-state index in [1.807, 2.05) is 6.92 Å². The van der Waals surface area contributed by atoms with Crippen LogP contribution in [0.25, 0.3) is 0 Å². The van der Waals surface area contributed by atoms with Gasteiger partial charge in [-0.2, -0.15) is 4.31 Å². The highest BCUT2D eigenvalue weighted by Crippen LogP contribution is 2.24. The van der Waals surface area contributed by atoms with Crippen LogP contribution in [0.15, 0.2) is 20.9 Å². The first-order valence-corrected chi connectivity index (χ1v) is 8.48. The van der Waals surface area contributed by atoms with Crippen molar-refractivity contribution in [3.63, 3.8) is 0 Å². The number of nitrogens with zero attached hydrogens (tertiary/aromatic N) is 2. The molecule has 7 heteroatoms. The number of aromatic nitrogens is 1. The summed E-state index contributed by atoms with van der Waals surface area (Å²) in [6.45, 7) is 3.03. The Balaban J connectivity index is 2.15. The van der Waals surface area contributed by atoms with Gasteiger partial charge >= 0.3 is 0 Å². The summed E-state index contributed by atoms with van der Waals surface area (Å²) >= 11 is 4.72. The van der Waals surface area contributed by atoms with Gasteiger partial charge in [-0.05, 0) is 29.3 Å². The summed E-state index contributed by atoms with van der Waals surface area (Å²) in [5.41, 5.74) is 3.36. The summed E-state index contributed by atoms with van der Waals surface area (Å²) in [5.74, 6) is -0.0234. The van der Waals surface area contributed by atoms with Crippen LogP contribution in [0, 0.1) is 0 Å². The van der Waals surface area contributed by atoms with E-state index in [1.165, 1.54) is 15.6 Å². The minimum absolute atomic E-state index is 0.0234. The number of hydrogen-bond donors (Lipinski definition) is 0. The summed E-state index contributed by atoms with van der Waals surface area (Å²) in [6, 6.07) is 0. The van der Waals surface area contributed by atoms with Crippen molar-refractivity contribution in [2.45, 2.75) is 19.1 Å². The number of hydrogen-bond acceptors (Lipinski definition) is 4. The standard InChI is InChI=1S/C10H13BrN2O2S2/c1-8-3-2-4-13(5-8)17(14,15)6-9-10(11)16-7-12-9/h3,7H,2,4-6H2,1H3. The Morgan fingerprint density at radius 1 is 1.59 bits per heavy atom. The molecule has 94 valence electrons. The normalized spacial score (nSPS) is 18.1. The van der Waals surface area contributed by atoms with Crippen LogP contribution < -0.4 is 0 Å². The molecule has 2 heterocycles. The smallest absolute Gasteiger partial charge is 0.220 e. The minimum Gasteiger partial charge on any atom is -0.247 e. The highest BCUT2D eigenvalue weighted by Gasteiger charge is 2.25. The van der Waals surface area contributed by atoms with E-state index in [4.69, 9.17) is 0 Å². The lowest BCUT2D eigenvalue weighted by atomic mass is 10.2. The van der Waals surface area contributed by atoms with Crippen molar-refractivity contribution in [1.82, 2.24) is 9.29 Å². The SMILES string of the molecule is CC1=CCCN(S(=O)(=O)Cc2ncsc2Br)C1. The van der Waals surface area contributed by atoms with Crippen LogP contribution in [0.4, 0.5) is 0 Å². The Morgan fingerprint density at radius 3 is 2.94 bits per heavy atom. The van der Waals surface area contributed by atoms with Crippen LogP contribution in [-0.2, 0) is 15.8 Å². The monoisotopic (exact) mass is 336 g/mol. The molecular formula is C10H13BrN2O2S2. The van der Waals surface area contributed by atoms with E-state index in [0.717, 1.165) is 15.8 Å². The maximum absolute atomic E-state index is 12.2. The zero-order chi connectivity index (χ0) is 12.5. The van der Waals surface area contributed by atoms with E-state index in [1.54, 1.807) is 5.51 Å². The molecular weight excluding hydrogens is 324 g/mol. The Kier molecular flexibility index (Phi) is 4.02. The third-order valence-electron chi connectivity index (χ3n) is 2.60. The van der Waals surface area contributed by atoms with E-state index in [-0.39, 0.29) is 5.75 Å². The average Bonchev–Trinajstić information content (AvgIpc) is 2.64. The van der Waals surface area contributed by atoms with Gasteiger partial charge in [-0.15, -0.1) is 11.3 Å². The number of rotatable bonds is 3. The van der Waals surface area contributed by atoms with Crippen LogP contribution in [-0.4, -0.2) is 30.8 Å². The second-order valence-corrected chi connectivity index (χ2v) is 8.14. The third kappa shape index (κ3) is 3.15. The lowest BCUT2D eigenvalue weighted by Gasteiger charge is -2.25. The van der Waals surface area contributed by atoms with Crippen molar-refractivity contribution in [3.05, 3.63) is 26.6 Å². The van der Waals surface area contributed by atoms with Crippen LogP contribution in [0.5, 0.6) is 0 Å². The molecule has 0 spiro atoms. The molecule has 0 aromatic carbocycles. The topological polar surface area (TPSA) is 50.3 Å². The maximum atomic E-state index is 12.2. The van der Waals surface area contributed by atoms with Gasteiger partial charge in [-0.3, -0.25) is 0 Å². The first kappa shape index (κ1) is 13.2. The Morgan fingerprint density at radius 2 is 2.35 bits per heavy atom. The summed E-state index contributed by atoms with van der Waals surface area (Å²) in [7, 11) is -3.26. The molecule has 1 aliphatic heterocycles. The predicted molar refractivity (Wildman–Crippen MR) is 72.4 cm³/mol. The molecule has 4 nitrogen and oxygen atoms in total. The highest BCUT2D eigenvalue weighted by molar-refractivity contribution is 9.11. The molecule has 0 fully saturated rings. The molecule has 2 rings (SSSR count). The van der Waals surface area contributed by atoms with Crippen molar-refractivity contribution in [2.75, 3.05) is 13.1 Å². The number of halogens is 1. The molecule has 0 atom stereocenters. The molecule has 0 aliphatic carbocycles. The van der Waals surface area contributed by atoms with Gasteiger partial charge in [0.2, 0.25) is 10.0 Å². The van der Waals surface area contributed by atoms with Gasteiger partial charge in [-0.25, -0.2) is 13.4 Å². The molecule has 0 N–H and O–H groups in total. The van der Waals surface area contributed by atoms with E-state index >= 15 is 0 Å². The molecule has 0 unspecified atom stereocenters. The van der Waals surface area contributed by atoms with Gasteiger partial charge < -0.3 is 0 Å². The molecule has 0 amide bonds. The van der Waals surface area contributed by atoms with Crippen molar-refractivity contribution < 1.29 is 8.42 Å². The summed E-state index contributed by atoms with van der Waals surface area (Å²) in [5, 5.41) is 0. The van der Waals surface area contributed by atoms with Crippen LogP contribution >= 0.6 is 27.3 Å². The van der Waals surface area contributed by atoms with Crippen LogP contribution in [0.1, 0.15) is 19.0 Å². The average molecular weight is 337 g/mol. The molecule has 17 heavy (non-hydrogen) atoms. The van der Waals surface area contributed by atoms with E-state index in [9.17, 15) is 8.42 Å². The zero-order valence-electron chi connectivity index (χ0n) is 9.39. The molecule has 1 aromatic rings. The summed E-state index contributed by atoms with van der Waals surface area (Å²) < 4.78 is 26.7. The zero-order valence-corrected chi connectivity index (χ0v) is 12.6. The second-order valence-electron chi connectivity index (χ2n) is 4.00. The van der Waals surface area contributed by atoms with Gasteiger partial charge in [0.1, 0.15) is 5.75 Å². The molecule has 1 aliphatic rings. The van der Waals surface area contributed by atoms with E-state index < -0.39 is 10.0 Å². The largest absolute Gasteiger partial charge is 0.247 e. The van der Waals surface area contributed by atoms with Crippen molar-refractivity contribution in [1.29, 1.82) is 0 Å². The summed E-state index contributed by atoms with van der Waals surface area (Å²) in [4.78, 5) is 4.07. The van der Waals surface area contributed by atoms with Crippen LogP contribution in [0.2, 0.25) is 0 Å². The van der Waals surface area contributed by atoms with Gasteiger partial charge in [0.05, 0.1) is 15.0 Å². The molecule has 1 aromatic heterocycles. The predicted octanol–water partition coefficient (Wildman–Crippen LogP) is 2.39. The maximum Gasteiger partial charge on any atom is 0.220 e. The fourth-order valence-corrected chi connectivity index (χ4v) is 4.56. The summed E-state index contributed by atoms with van der Waals surface area (Å²) in [6.07, 6.45) is 2.88. The molecule has 0 saturated heterocycles. The van der Waals surface area contributed by atoms with Gasteiger partial charge in [0.15, 0.2) is 0 Å². The van der Waals surface area contributed by atoms with Crippen molar-refractivity contribution in [2.24, 2.45) is 0 Å². The Hall–Kier alpha value is -0.240. The fourth-order valence-electron chi connectivity index (χ4n) is 1.73. The Labute approximate surface area is 114 Å². The molecule has 0 radical (unpaired) electrons. The first-order chi connectivity index (χ1) is 7.99. The number of sulfonamides is 1. The van der Waals surface area contributed by atoms with Gasteiger partial charge in [-0.1, -0.05) is 11.6 Å². The van der Waals surface area contributed by atoms with Crippen LogP contribution in [0.3, 0.4) is 0 Å². The van der Waals surface area contributed by atoms with Gasteiger partial charge in [0.25, 0.3) is 0 Å². The van der Waals surface area contributed by atoms with E-state index in [2.05, 4.69) is 27.0 Å². The van der Waals surface area contributed by atoms with Crippen molar-refractivity contribution >= 4 is 37.3 Å². The van der Waals surface area contributed by atoms with E-state index in [0.29, 0.717) is 18.8 Å². The van der Waals surface area contributed by atoms with Crippen molar-refractivity contribution in [3.8, 4) is 0 Å². The molecule has 0 bridgehead atoms. The Bertz CT molecular complexity index is 536. The third-order valence-corrected chi connectivity index (χ3v) is 6.01. The lowest BCUT2D eigenvalue weighted by Crippen LogP contribution is -2.36. The highest BCUT2D eigenvalue weighted by atomic mass is 79.9.